The zero-order valence-corrected chi connectivity index (χ0v) is 13.8. The maximum absolute atomic E-state index is 2.47. The van der Waals surface area contributed by atoms with E-state index in [9.17, 15) is 0 Å². The van der Waals surface area contributed by atoms with Crippen LogP contribution in [-0.4, -0.2) is 8.07 Å². The Kier molecular flexibility index (Phi) is 4.97. The highest BCUT2D eigenvalue weighted by Gasteiger charge is 2.21. The van der Waals surface area contributed by atoms with E-state index in [0.29, 0.717) is 0 Å². The van der Waals surface area contributed by atoms with Gasteiger partial charge in [0.25, 0.3) is 0 Å². The van der Waals surface area contributed by atoms with Gasteiger partial charge in [-0.1, -0.05) is 91.9 Å². The van der Waals surface area contributed by atoms with Crippen molar-refractivity contribution in [2.24, 2.45) is 0 Å². The summed E-state index contributed by atoms with van der Waals surface area (Å²) >= 11 is 0. The fraction of sp³-hybridized carbons (Fsp3) is 0.263. The highest BCUT2D eigenvalue weighted by atomic mass is 28.3. The largest absolute Gasteiger partial charge is 0.0843 e. The third-order valence-corrected chi connectivity index (χ3v) is 7.06. The van der Waals surface area contributed by atoms with Crippen molar-refractivity contribution in [3.8, 4) is 0 Å². The average Bonchev–Trinajstić information content (AvgIpc) is 2.50. The predicted molar refractivity (Wildman–Crippen MR) is 93.1 cm³/mol. The van der Waals surface area contributed by atoms with Gasteiger partial charge in [-0.05, 0) is 23.6 Å². The third kappa shape index (κ3) is 3.70. The molecule has 104 valence electrons. The fourth-order valence-corrected chi connectivity index (χ4v) is 4.59. The van der Waals surface area contributed by atoms with Crippen LogP contribution in [0, 0.1) is 0 Å². The van der Waals surface area contributed by atoms with Gasteiger partial charge in [-0.2, -0.15) is 0 Å². The molecule has 0 unspecified atom stereocenters. The molecule has 0 N–H and O–H groups in total. The van der Waals surface area contributed by atoms with Crippen LogP contribution in [0.5, 0.6) is 0 Å². The minimum absolute atomic E-state index is 1.10. The zero-order chi connectivity index (χ0) is 14.4. The van der Waals surface area contributed by atoms with Crippen LogP contribution in [0.25, 0.3) is 5.57 Å². The predicted octanol–water partition coefficient (Wildman–Crippen LogP) is 5.10. The highest BCUT2D eigenvalue weighted by Crippen LogP contribution is 2.21. The SMILES string of the molecule is CC/C(=C/C[Si](C)(C)c1ccccc1)c1ccccc1. The first-order valence-electron chi connectivity index (χ1n) is 7.43. The number of allylic oxidation sites excluding steroid dienone is 2. The van der Waals surface area contributed by atoms with Crippen LogP contribution in [0.15, 0.2) is 66.7 Å². The third-order valence-electron chi connectivity index (χ3n) is 3.94. The summed E-state index contributed by atoms with van der Waals surface area (Å²) in [6.07, 6.45) is 3.57. The maximum Gasteiger partial charge on any atom is 0.0843 e. The van der Waals surface area contributed by atoms with E-state index in [1.807, 2.05) is 0 Å². The van der Waals surface area contributed by atoms with Gasteiger partial charge in [-0.25, -0.2) is 0 Å². The molecule has 0 spiro atoms. The molecule has 2 aromatic carbocycles. The molecule has 0 fully saturated rings. The summed E-state index contributed by atoms with van der Waals surface area (Å²) in [4.78, 5) is 0. The molecular formula is C19H24Si. The van der Waals surface area contributed by atoms with Crippen molar-refractivity contribution in [1.29, 1.82) is 0 Å². The molecule has 0 saturated heterocycles. The minimum Gasteiger partial charge on any atom is -0.0831 e. The first-order chi connectivity index (χ1) is 9.63. The van der Waals surface area contributed by atoms with Crippen molar-refractivity contribution in [2.75, 3.05) is 0 Å². The maximum atomic E-state index is 2.47. The van der Waals surface area contributed by atoms with Crippen LogP contribution in [0.1, 0.15) is 18.9 Å². The molecule has 0 atom stereocenters. The van der Waals surface area contributed by atoms with E-state index in [2.05, 4.69) is 86.8 Å². The van der Waals surface area contributed by atoms with Gasteiger partial charge in [0, 0.05) is 0 Å². The van der Waals surface area contributed by atoms with Crippen LogP contribution in [0.3, 0.4) is 0 Å². The van der Waals surface area contributed by atoms with Crippen LogP contribution < -0.4 is 5.19 Å². The van der Waals surface area contributed by atoms with Crippen LogP contribution in [0.4, 0.5) is 0 Å². The van der Waals surface area contributed by atoms with Crippen LogP contribution >= 0.6 is 0 Å². The molecule has 0 amide bonds. The first kappa shape index (κ1) is 14.8. The molecule has 0 saturated carbocycles. The second-order valence-corrected chi connectivity index (χ2v) is 10.7. The summed E-state index contributed by atoms with van der Waals surface area (Å²) in [5.74, 6) is 0. The van der Waals surface area contributed by atoms with Crippen molar-refractivity contribution >= 4 is 18.8 Å². The first-order valence-corrected chi connectivity index (χ1v) is 10.6. The molecule has 0 radical (unpaired) electrons. The lowest BCUT2D eigenvalue weighted by molar-refractivity contribution is 1.23. The van der Waals surface area contributed by atoms with Gasteiger partial charge in [0.2, 0.25) is 0 Å². The normalized spacial score (nSPS) is 12.4. The topological polar surface area (TPSA) is 0 Å². The van der Waals surface area contributed by atoms with E-state index in [4.69, 9.17) is 0 Å². The molecule has 0 bridgehead atoms. The Hall–Kier alpha value is -1.60. The van der Waals surface area contributed by atoms with E-state index < -0.39 is 8.07 Å². The van der Waals surface area contributed by atoms with E-state index in [-0.39, 0.29) is 0 Å². The number of hydrogen-bond donors (Lipinski definition) is 0. The van der Waals surface area contributed by atoms with Gasteiger partial charge >= 0.3 is 0 Å². The average molecular weight is 280 g/mol. The Morgan fingerprint density at radius 3 is 2.00 bits per heavy atom. The van der Waals surface area contributed by atoms with Gasteiger partial charge in [0.15, 0.2) is 0 Å². The summed E-state index contributed by atoms with van der Waals surface area (Å²) < 4.78 is 0. The second kappa shape index (κ2) is 6.71. The fourth-order valence-electron chi connectivity index (χ4n) is 2.50. The van der Waals surface area contributed by atoms with Crippen molar-refractivity contribution in [1.82, 2.24) is 0 Å². The van der Waals surface area contributed by atoms with Crippen LogP contribution in [-0.2, 0) is 0 Å². The van der Waals surface area contributed by atoms with Crippen LogP contribution in [0.2, 0.25) is 19.1 Å². The molecule has 1 heteroatoms. The number of benzene rings is 2. The van der Waals surface area contributed by atoms with E-state index in [1.54, 1.807) is 5.19 Å². The standard InChI is InChI=1S/C19H24Si/c1-4-17(18-11-7-5-8-12-18)15-16-20(2,3)19-13-9-6-10-14-19/h5-15H,4,16H2,1-3H3/b17-15-. The molecule has 0 heterocycles. The summed E-state index contributed by atoms with van der Waals surface area (Å²) in [6, 6.07) is 23.0. The molecule has 0 aromatic heterocycles. The second-order valence-electron chi connectivity index (χ2n) is 5.90. The molecule has 0 aliphatic rings. The van der Waals surface area contributed by atoms with Gasteiger partial charge in [0.05, 0.1) is 8.07 Å². The van der Waals surface area contributed by atoms with Crippen molar-refractivity contribution in [2.45, 2.75) is 32.5 Å². The van der Waals surface area contributed by atoms with Gasteiger partial charge in [-0.15, -0.1) is 0 Å². The Labute approximate surface area is 124 Å². The summed E-state index contributed by atoms with van der Waals surface area (Å²) in [6.45, 7) is 7.16. The Balaban J connectivity index is 2.18. The molecule has 2 rings (SSSR count). The van der Waals surface area contributed by atoms with Crippen molar-refractivity contribution in [3.05, 3.63) is 72.3 Å². The lowest BCUT2D eigenvalue weighted by atomic mass is 10.0. The molecular weight excluding hydrogens is 256 g/mol. The monoisotopic (exact) mass is 280 g/mol. The van der Waals surface area contributed by atoms with Gasteiger partial charge < -0.3 is 0 Å². The minimum atomic E-state index is -1.37. The van der Waals surface area contributed by atoms with E-state index in [1.165, 1.54) is 17.2 Å². The molecule has 0 aliphatic carbocycles. The Bertz CT molecular complexity index is 553. The summed E-state index contributed by atoms with van der Waals surface area (Å²) in [5, 5.41) is 1.54. The zero-order valence-electron chi connectivity index (χ0n) is 12.8. The Morgan fingerprint density at radius 2 is 1.45 bits per heavy atom. The molecule has 0 nitrogen and oxygen atoms in total. The Morgan fingerprint density at radius 1 is 0.900 bits per heavy atom. The number of hydrogen-bond acceptors (Lipinski definition) is 0. The summed E-state index contributed by atoms with van der Waals surface area (Å²) in [7, 11) is -1.37. The van der Waals surface area contributed by atoms with E-state index >= 15 is 0 Å². The quantitative estimate of drug-likeness (QED) is 0.669. The molecule has 20 heavy (non-hydrogen) atoms. The summed E-state index contributed by atoms with van der Waals surface area (Å²) in [5.41, 5.74) is 2.84. The lowest BCUT2D eigenvalue weighted by Gasteiger charge is -2.22. The molecule has 2 aromatic rings. The van der Waals surface area contributed by atoms with Crippen molar-refractivity contribution < 1.29 is 0 Å². The van der Waals surface area contributed by atoms with Gasteiger partial charge in [0.1, 0.15) is 0 Å². The molecule has 0 aliphatic heterocycles. The number of rotatable bonds is 5. The van der Waals surface area contributed by atoms with E-state index in [0.717, 1.165) is 6.42 Å². The van der Waals surface area contributed by atoms with Gasteiger partial charge in [-0.3, -0.25) is 0 Å². The lowest BCUT2D eigenvalue weighted by Crippen LogP contribution is -2.40. The highest BCUT2D eigenvalue weighted by molar-refractivity contribution is 6.90. The van der Waals surface area contributed by atoms with Crippen molar-refractivity contribution in [3.63, 3.8) is 0 Å². The smallest absolute Gasteiger partial charge is 0.0831 e.